The second-order valence-corrected chi connectivity index (χ2v) is 5.09. The van der Waals surface area contributed by atoms with E-state index in [0.717, 1.165) is 0 Å². The zero-order chi connectivity index (χ0) is 10.6. The van der Waals surface area contributed by atoms with Gasteiger partial charge in [0.15, 0.2) is 5.78 Å². The van der Waals surface area contributed by atoms with E-state index in [9.17, 15) is 9.59 Å². The molecule has 0 heterocycles. The number of carbonyl (C=O) groups excluding carboxylic acids is 2. The van der Waals surface area contributed by atoms with Crippen LogP contribution < -0.4 is 5.32 Å². The number of thiol groups is 1. The molecule has 1 amide bonds. The first-order chi connectivity index (χ1) is 5.72. The van der Waals surface area contributed by atoms with Crippen molar-refractivity contribution in [2.75, 3.05) is 0 Å². The first kappa shape index (κ1) is 12.5. The van der Waals surface area contributed by atoms with Gasteiger partial charge in [0.05, 0.1) is 6.04 Å². The van der Waals surface area contributed by atoms with Crippen LogP contribution in [0.5, 0.6) is 0 Å². The summed E-state index contributed by atoms with van der Waals surface area (Å²) in [6, 6.07) is -0.412. The maximum Gasteiger partial charge on any atom is 0.217 e. The minimum atomic E-state index is -0.412. The van der Waals surface area contributed by atoms with Crippen molar-refractivity contribution in [1.82, 2.24) is 5.32 Å². The van der Waals surface area contributed by atoms with Crippen molar-refractivity contribution in [2.24, 2.45) is 0 Å². The molecule has 0 radical (unpaired) electrons. The Balaban J connectivity index is 4.27. The Hall–Kier alpha value is -0.510. The molecule has 0 spiro atoms. The summed E-state index contributed by atoms with van der Waals surface area (Å²) >= 11 is 4.31. The fourth-order valence-corrected chi connectivity index (χ4v) is 1.22. The van der Waals surface area contributed by atoms with Gasteiger partial charge in [-0.3, -0.25) is 9.59 Å². The predicted molar refractivity (Wildman–Crippen MR) is 56.0 cm³/mol. The monoisotopic (exact) mass is 203 g/mol. The third-order valence-electron chi connectivity index (χ3n) is 1.57. The highest BCUT2D eigenvalue weighted by molar-refractivity contribution is 7.81. The molecule has 1 atom stereocenters. The van der Waals surface area contributed by atoms with Crippen LogP contribution in [-0.2, 0) is 9.59 Å². The molecule has 0 aliphatic heterocycles. The Morgan fingerprint density at radius 2 is 1.85 bits per heavy atom. The van der Waals surface area contributed by atoms with Gasteiger partial charge in [0.1, 0.15) is 0 Å². The summed E-state index contributed by atoms with van der Waals surface area (Å²) in [4.78, 5) is 21.9. The van der Waals surface area contributed by atoms with Crippen molar-refractivity contribution >= 4 is 24.3 Å². The Labute approximate surface area is 84.7 Å². The molecule has 1 N–H and O–H groups in total. The zero-order valence-electron chi connectivity index (χ0n) is 8.55. The summed E-state index contributed by atoms with van der Waals surface area (Å²) in [6.07, 6.45) is 0.547. The number of Topliss-reactive ketones (excluding diaryl/α,β-unsaturated/α-hetero) is 1. The fourth-order valence-electron chi connectivity index (χ4n) is 1.04. The van der Waals surface area contributed by atoms with Crippen LogP contribution in [0.1, 0.15) is 34.1 Å². The average Bonchev–Trinajstić information content (AvgIpc) is 1.81. The largest absolute Gasteiger partial charge is 0.346 e. The minimum Gasteiger partial charge on any atom is -0.346 e. The van der Waals surface area contributed by atoms with E-state index in [4.69, 9.17) is 0 Å². The average molecular weight is 203 g/mol. The highest BCUT2D eigenvalue weighted by Crippen LogP contribution is 2.19. The Bertz CT molecular complexity index is 208. The number of hydrogen-bond acceptors (Lipinski definition) is 3. The Kier molecular flexibility index (Phi) is 4.47. The number of ketones is 1. The van der Waals surface area contributed by atoms with Crippen LogP contribution in [0.15, 0.2) is 0 Å². The van der Waals surface area contributed by atoms with Crippen LogP contribution in [0.25, 0.3) is 0 Å². The lowest BCUT2D eigenvalue weighted by Gasteiger charge is -2.23. The zero-order valence-corrected chi connectivity index (χ0v) is 9.44. The molecule has 76 valence electrons. The second kappa shape index (κ2) is 4.65. The summed E-state index contributed by atoms with van der Waals surface area (Å²) in [5, 5.41) is 2.60. The molecule has 0 aromatic carbocycles. The molecule has 0 aromatic heterocycles. The van der Waals surface area contributed by atoms with Gasteiger partial charge in [-0.15, -0.1) is 0 Å². The van der Waals surface area contributed by atoms with Crippen molar-refractivity contribution < 1.29 is 9.59 Å². The SMILES string of the molecule is CC(=O)N[C@@H](CC(C)(C)S)C(C)=O. The highest BCUT2D eigenvalue weighted by atomic mass is 32.1. The lowest BCUT2D eigenvalue weighted by Crippen LogP contribution is -2.41. The molecule has 4 heteroatoms. The summed E-state index contributed by atoms with van der Waals surface area (Å²) in [5.41, 5.74) is 0. The highest BCUT2D eigenvalue weighted by Gasteiger charge is 2.23. The molecule has 0 fully saturated rings. The first-order valence-corrected chi connectivity index (χ1v) is 4.67. The lowest BCUT2D eigenvalue weighted by atomic mass is 10.00. The van der Waals surface area contributed by atoms with Gasteiger partial charge >= 0.3 is 0 Å². The molecule has 3 nitrogen and oxygen atoms in total. The molecule has 13 heavy (non-hydrogen) atoms. The molecule has 0 bridgehead atoms. The van der Waals surface area contributed by atoms with Crippen LogP contribution in [0.4, 0.5) is 0 Å². The first-order valence-electron chi connectivity index (χ1n) is 4.22. The normalized spacial score (nSPS) is 13.6. The van der Waals surface area contributed by atoms with Gasteiger partial charge in [0.25, 0.3) is 0 Å². The van der Waals surface area contributed by atoms with Gasteiger partial charge in [-0.05, 0) is 13.3 Å². The van der Waals surface area contributed by atoms with Crippen molar-refractivity contribution in [3.63, 3.8) is 0 Å². The standard InChI is InChI=1S/C9H17NO2S/c1-6(11)8(10-7(2)12)5-9(3,4)13/h8,13H,5H2,1-4H3,(H,10,12)/t8-/m0/s1. The molecule has 0 rings (SSSR count). The van der Waals surface area contributed by atoms with Crippen molar-refractivity contribution in [3.05, 3.63) is 0 Å². The van der Waals surface area contributed by atoms with Crippen molar-refractivity contribution in [2.45, 2.75) is 44.9 Å². The molecule has 0 saturated heterocycles. The van der Waals surface area contributed by atoms with Crippen LogP contribution in [0.2, 0.25) is 0 Å². The van der Waals surface area contributed by atoms with Gasteiger partial charge in [-0.1, -0.05) is 13.8 Å². The predicted octanol–water partition coefficient (Wildman–Crippen LogP) is 1.18. The number of hydrogen-bond donors (Lipinski definition) is 2. The van der Waals surface area contributed by atoms with E-state index in [1.54, 1.807) is 0 Å². The number of rotatable bonds is 4. The third kappa shape index (κ3) is 6.63. The van der Waals surface area contributed by atoms with E-state index in [-0.39, 0.29) is 16.4 Å². The number of carbonyl (C=O) groups is 2. The van der Waals surface area contributed by atoms with Gasteiger partial charge in [-0.2, -0.15) is 12.6 Å². The summed E-state index contributed by atoms with van der Waals surface area (Å²) in [7, 11) is 0. The number of amides is 1. The Morgan fingerprint density at radius 1 is 1.38 bits per heavy atom. The van der Waals surface area contributed by atoms with E-state index >= 15 is 0 Å². The van der Waals surface area contributed by atoms with Gasteiger partial charge in [0.2, 0.25) is 5.91 Å². The van der Waals surface area contributed by atoms with Crippen molar-refractivity contribution in [3.8, 4) is 0 Å². The second-order valence-electron chi connectivity index (χ2n) is 3.88. The molecule has 0 aromatic rings. The summed E-state index contributed by atoms with van der Waals surface area (Å²) in [6.45, 7) is 6.70. The number of nitrogens with one attached hydrogen (secondary N) is 1. The quantitative estimate of drug-likeness (QED) is 0.674. The van der Waals surface area contributed by atoms with E-state index < -0.39 is 6.04 Å². The maximum absolute atomic E-state index is 11.1. The molecule has 0 aliphatic carbocycles. The molecule has 0 aliphatic rings. The van der Waals surface area contributed by atoms with Gasteiger partial charge in [-0.25, -0.2) is 0 Å². The van der Waals surface area contributed by atoms with E-state index in [0.29, 0.717) is 6.42 Å². The van der Waals surface area contributed by atoms with Crippen LogP contribution in [0, 0.1) is 0 Å². The molecule has 0 unspecified atom stereocenters. The van der Waals surface area contributed by atoms with E-state index in [1.807, 2.05) is 13.8 Å². The fraction of sp³-hybridized carbons (Fsp3) is 0.778. The topological polar surface area (TPSA) is 46.2 Å². The van der Waals surface area contributed by atoms with Crippen molar-refractivity contribution in [1.29, 1.82) is 0 Å². The molecular formula is C9H17NO2S. The van der Waals surface area contributed by atoms with E-state index in [1.165, 1.54) is 13.8 Å². The minimum absolute atomic E-state index is 0.0303. The third-order valence-corrected chi connectivity index (χ3v) is 1.75. The Morgan fingerprint density at radius 3 is 2.08 bits per heavy atom. The van der Waals surface area contributed by atoms with Gasteiger partial charge < -0.3 is 5.32 Å². The van der Waals surface area contributed by atoms with Gasteiger partial charge in [0, 0.05) is 11.7 Å². The summed E-state index contributed by atoms with van der Waals surface area (Å²) in [5.74, 6) is -0.213. The van der Waals surface area contributed by atoms with Crippen LogP contribution in [-0.4, -0.2) is 22.5 Å². The smallest absolute Gasteiger partial charge is 0.217 e. The lowest BCUT2D eigenvalue weighted by molar-refractivity contribution is -0.125. The van der Waals surface area contributed by atoms with Crippen LogP contribution >= 0.6 is 12.6 Å². The maximum atomic E-state index is 11.1. The van der Waals surface area contributed by atoms with Crippen LogP contribution in [0.3, 0.4) is 0 Å². The van der Waals surface area contributed by atoms with E-state index in [2.05, 4.69) is 17.9 Å². The summed E-state index contributed by atoms with van der Waals surface area (Å²) < 4.78 is -0.251. The molecule has 0 saturated carbocycles. The molecular weight excluding hydrogens is 186 g/mol.